The molecule has 4 amide bonds. The van der Waals surface area contributed by atoms with E-state index in [1.807, 2.05) is 6.92 Å². The third kappa shape index (κ3) is 26.3. The maximum absolute atomic E-state index is 14.1. The molecule has 3 aromatic rings. The molecule has 21 nitrogen and oxygen atoms in total. The SMILES string of the molecule is CCCCS(=O)(=O)N[C@@H]1Cc2ccc(cc2)NC(=O)CCN2CCN(CCC(=O)Nc3ccc(cc3)C[C@@H](C(=O)NCc3ccc(C(=N)N)cc3)NC1=O)CC2.O=C(O)C(F)(F)F.O=C(O)C(F)(F)F.O=C(O)C(F)(F)F. The number of nitrogen functional groups attached to an aromatic ring is 1. The van der Waals surface area contributed by atoms with Crippen LogP contribution in [0, 0.1) is 5.41 Å². The summed E-state index contributed by atoms with van der Waals surface area (Å²) in [6.45, 7) is 6.43. The van der Waals surface area contributed by atoms with Crippen molar-refractivity contribution in [3.63, 3.8) is 0 Å². The molecule has 0 spiro atoms. The van der Waals surface area contributed by atoms with E-state index in [1.54, 1.807) is 72.8 Å². The lowest BCUT2D eigenvalue weighted by Gasteiger charge is -2.34. The second kappa shape index (κ2) is 30.4. The summed E-state index contributed by atoms with van der Waals surface area (Å²) in [4.78, 5) is 84.7. The highest BCUT2D eigenvalue weighted by atomic mass is 32.2. The lowest BCUT2D eigenvalue weighted by atomic mass is 10.0. The molecular weight excluding hydrogens is 1070 g/mol. The summed E-state index contributed by atoms with van der Waals surface area (Å²) < 4.78 is 124. The number of carboxylic acid groups (broad SMARTS) is 3. The summed E-state index contributed by atoms with van der Waals surface area (Å²) >= 11 is 0. The first-order valence-corrected chi connectivity index (χ1v) is 24.5. The molecule has 11 N–H and O–H groups in total. The summed E-state index contributed by atoms with van der Waals surface area (Å²) in [7, 11) is -3.87. The van der Waals surface area contributed by atoms with E-state index in [-0.39, 0.29) is 42.8 Å². The van der Waals surface area contributed by atoms with Gasteiger partial charge in [-0.25, -0.2) is 27.5 Å². The fourth-order valence-corrected chi connectivity index (χ4v) is 7.93. The van der Waals surface area contributed by atoms with Crippen LogP contribution in [0.2, 0.25) is 0 Å². The molecule has 8 rings (SSSR count). The summed E-state index contributed by atoms with van der Waals surface area (Å²) in [5, 5.41) is 40.5. The van der Waals surface area contributed by atoms with Crippen molar-refractivity contribution in [1.29, 1.82) is 5.41 Å². The second-order valence-electron chi connectivity index (χ2n) is 16.7. The van der Waals surface area contributed by atoms with Gasteiger partial charge in [-0.05, 0) is 53.8 Å². The number of anilines is 2. The number of unbranched alkanes of at least 4 members (excludes halogenated alkanes) is 1. The highest BCUT2D eigenvalue weighted by molar-refractivity contribution is 7.89. The Balaban J connectivity index is 0.000000810. The lowest BCUT2D eigenvalue weighted by molar-refractivity contribution is -0.193. The number of aliphatic carboxylic acids is 3. The van der Waals surface area contributed by atoms with Crippen LogP contribution in [-0.2, 0) is 63.0 Å². The Morgan fingerprint density at radius 1 is 0.662 bits per heavy atom. The minimum Gasteiger partial charge on any atom is -0.475 e. The van der Waals surface area contributed by atoms with Crippen molar-refractivity contribution in [3.8, 4) is 0 Å². The minimum atomic E-state index is -5.08. The zero-order valence-electron chi connectivity index (χ0n) is 40.8. The topological polar surface area (TPSA) is 331 Å². The molecular formula is C46H56F9N9O12S. The van der Waals surface area contributed by atoms with Gasteiger partial charge in [0.1, 0.15) is 17.9 Å². The van der Waals surface area contributed by atoms with Crippen LogP contribution in [0.3, 0.4) is 0 Å². The number of nitrogens with two attached hydrogens (primary N) is 1. The van der Waals surface area contributed by atoms with E-state index in [0.29, 0.717) is 66.8 Å². The lowest BCUT2D eigenvalue weighted by Crippen LogP contribution is -2.55. The molecule has 426 valence electrons. The van der Waals surface area contributed by atoms with Gasteiger partial charge in [-0.3, -0.25) is 24.6 Å². The van der Waals surface area contributed by atoms with Crippen LogP contribution in [0.1, 0.15) is 54.9 Å². The van der Waals surface area contributed by atoms with Gasteiger partial charge >= 0.3 is 36.4 Å². The van der Waals surface area contributed by atoms with Gasteiger partial charge in [0.05, 0.1) is 5.75 Å². The number of nitrogens with one attached hydrogen (secondary N) is 6. The highest BCUT2D eigenvalue weighted by Crippen LogP contribution is 2.18. The Labute approximate surface area is 434 Å². The molecule has 0 radical (unpaired) electrons. The van der Waals surface area contributed by atoms with E-state index < -0.39 is 70.4 Å². The van der Waals surface area contributed by atoms with Crippen LogP contribution in [0.5, 0.6) is 0 Å². The molecule has 0 saturated carbocycles. The number of carbonyl (C=O) groups excluding carboxylic acids is 4. The van der Waals surface area contributed by atoms with Crippen molar-refractivity contribution < 1.29 is 96.8 Å². The number of amides is 4. The normalized spacial score (nSPS) is 18.7. The third-order valence-electron chi connectivity index (χ3n) is 10.6. The number of alkyl halides is 9. The number of nitrogens with zero attached hydrogens (tertiary/aromatic N) is 2. The molecule has 6 bridgehead atoms. The summed E-state index contributed by atoms with van der Waals surface area (Å²) in [6.07, 6.45) is -13.5. The predicted molar refractivity (Wildman–Crippen MR) is 258 cm³/mol. The monoisotopic (exact) mass is 1130 g/mol. The molecule has 0 unspecified atom stereocenters. The van der Waals surface area contributed by atoms with E-state index >= 15 is 0 Å². The average Bonchev–Trinajstić information content (AvgIpc) is 3.34. The first-order valence-electron chi connectivity index (χ1n) is 22.8. The predicted octanol–water partition coefficient (Wildman–Crippen LogP) is 3.83. The quantitative estimate of drug-likeness (QED) is 0.0827. The maximum atomic E-state index is 14.1. The first kappa shape index (κ1) is 65.7. The molecule has 5 aliphatic rings. The minimum absolute atomic E-state index is 0.0113. The number of hydrogen-bond acceptors (Lipinski definition) is 12. The number of fused-ring (bicyclic) bond motifs is 3. The van der Waals surface area contributed by atoms with Crippen molar-refractivity contribution in [2.45, 2.75) is 82.6 Å². The summed E-state index contributed by atoms with van der Waals surface area (Å²) in [6, 6.07) is 18.4. The number of hydrogen-bond donors (Lipinski definition) is 10. The second-order valence-corrected chi connectivity index (χ2v) is 18.6. The van der Waals surface area contributed by atoms with E-state index in [9.17, 15) is 67.1 Å². The summed E-state index contributed by atoms with van der Waals surface area (Å²) in [5.74, 6) is -9.95. The largest absolute Gasteiger partial charge is 0.490 e. The van der Waals surface area contributed by atoms with Gasteiger partial charge in [0.25, 0.3) is 0 Å². The van der Waals surface area contributed by atoms with Gasteiger partial charge in [0.2, 0.25) is 33.7 Å². The Kier molecular flexibility index (Phi) is 25.9. The van der Waals surface area contributed by atoms with Gasteiger partial charge in [-0.15, -0.1) is 0 Å². The number of benzene rings is 3. The van der Waals surface area contributed by atoms with E-state index in [0.717, 1.165) is 31.7 Å². The van der Waals surface area contributed by atoms with Crippen molar-refractivity contribution in [2.75, 3.05) is 55.7 Å². The molecule has 1 fully saturated rings. The van der Waals surface area contributed by atoms with Crippen molar-refractivity contribution in [3.05, 3.63) is 95.1 Å². The Bertz CT molecular complexity index is 2520. The molecule has 31 heteroatoms. The molecule has 77 heavy (non-hydrogen) atoms. The van der Waals surface area contributed by atoms with Crippen molar-refractivity contribution >= 4 is 68.8 Å². The van der Waals surface area contributed by atoms with Crippen LogP contribution in [-0.4, -0.2) is 157 Å². The number of carbonyl (C=O) groups is 7. The number of rotatable bonds is 9. The Morgan fingerprint density at radius 2 is 1.05 bits per heavy atom. The molecule has 0 aromatic heterocycles. The van der Waals surface area contributed by atoms with Crippen LogP contribution in [0.25, 0.3) is 0 Å². The van der Waals surface area contributed by atoms with E-state index in [2.05, 4.69) is 35.8 Å². The Hall–Kier alpha value is -7.38. The van der Waals surface area contributed by atoms with Gasteiger partial charge < -0.3 is 52.1 Å². The number of piperazine rings is 1. The first-order chi connectivity index (χ1) is 35.7. The van der Waals surface area contributed by atoms with Crippen LogP contribution >= 0.6 is 0 Å². The zero-order valence-corrected chi connectivity index (χ0v) is 41.6. The van der Waals surface area contributed by atoms with Gasteiger partial charge in [0.15, 0.2) is 0 Å². The molecule has 5 heterocycles. The van der Waals surface area contributed by atoms with Gasteiger partial charge in [-0.1, -0.05) is 61.9 Å². The van der Waals surface area contributed by atoms with Crippen LogP contribution < -0.4 is 31.7 Å². The smallest absolute Gasteiger partial charge is 0.475 e. The molecule has 2 atom stereocenters. The fourth-order valence-electron chi connectivity index (χ4n) is 6.52. The molecule has 3 aromatic carbocycles. The number of halogens is 9. The van der Waals surface area contributed by atoms with E-state index in [4.69, 9.17) is 40.8 Å². The standard InChI is InChI=1S/C40H53N9O6S.3C2HF3O2/c1-2-3-24-56(54,55)47-35-26-29-8-14-33(15-9-29)45-37(51)17-19-49-22-20-48(21-23-49)18-16-36(50)44-32-12-6-28(7-13-32)25-34(46-40(35)53)39(52)43-27-30-4-10-31(11-5-30)38(41)42;3*3-2(4,5)1(6)7/h4-15,34-35,47H,2-3,16-27H2,1H3,(H3,41,42)(H,43,52)(H,44,50)(H,45,51)(H,46,53);3*(H,6,7)/t34-,35+;;;/m0.../s1. The molecule has 1 saturated heterocycles. The van der Waals surface area contributed by atoms with Crippen LogP contribution in [0.4, 0.5) is 50.9 Å². The number of carboxylic acids is 3. The summed E-state index contributed by atoms with van der Waals surface area (Å²) in [5.41, 5.74) is 9.38. The highest BCUT2D eigenvalue weighted by Gasteiger charge is 2.39. The fraction of sp³-hybridized carbons (Fsp3) is 0.435. The third-order valence-corrected chi connectivity index (χ3v) is 12.1. The molecule has 0 aliphatic carbocycles. The van der Waals surface area contributed by atoms with E-state index in [1.165, 1.54) is 0 Å². The molecule has 5 aliphatic heterocycles. The van der Waals surface area contributed by atoms with Crippen molar-refractivity contribution in [2.24, 2.45) is 5.73 Å². The van der Waals surface area contributed by atoms with Gasteiger partial charge in [-0.2, -0.15) is 39.5 Å². The van der Waals surface area contributed by atoms with Crippen molar-refractivity contribution in [1.82, 2.24) is 25.2 Å². The van der Waals surface area contributed by atoms with Gasteiger partial charge in [0, 0.05) is 82.0 Å². The number of sulfonamides is 1. The average molecular weight is 1130 g/mol. The Morgan fingerprint density at radius 3 is 1.42 bits per heavy atom. The maximum Gasteiger partial charge on any atom is 0.490 e. The zero-order chi connectivity index (χ0) is 58.3. The van der Waals surface area contributed by atoms with Crippen LogP contribution in [0.15, 0.2) is 72.8 Å². The number of amidine groups is 1.